The Hall–Kier alpha value is -0.850. The number of benzene rings is 1. The second-order valence-electron chi connectivity index (χ2n) is 5.73. The first-order chi connectivity index (χ1) is 11.0. The molecule has 0 aliphatic heterocycles. The summed E-state index contributed by atoms with van der Waals surface area (Å²) in [6, 6.07) is 8.30. The van der Waals surface area contributed by atoms with Gasteiger partial charge in [-0.1, -0.05) is 53.7 Å². The number of carbonyl (C=O) groups is 1. The van der Waals surface area contributed by atoms with Crippen LogP contribution in [-0.2, 0) is 17.0 Å². The second kappa shape index (κ2) is 9.45. The fraction of sp³-hybridized carbons (Fsp3) is 0.412. The average Bonchev–Trinajstić information content (AvgIpc) is 2.93. The molecule has 1 N–H and O–H groups in total. The SMILES string of the molecule is CC(C)CCNC(=O)Cc1csc(SCc2ccc(Br)cc2)n1. The first kappa shape index (κ1) is 18.5. The number of hydrogen-bond acceptors (Lipinski definition) is 4. The van der Waals surface area contributed by atoms with Gasteiger partial charge in [-0.15, -0.1) is 11.3 Å². The van der Waals surface area contributed by atoms with Crippen LogP contribution in [-0.4, -0.2) is 17.4 Å². The van der Waals surface area contributed by atoms with Gasteiger partial charge in [0.2, 0.25) is 5.91 Å². The predicted molar refractivity (Wildman–Crippen MR) is 102 cm³/mol. The van der Waals surface area contributed by atoms with Crippen molar-refractivity contribution in [2.45, 2.75) is 36.8 Å². The summed E-state index contributed by atoms with van der Waals surface area (Å²) in [7, 11) is 0. The minimum Gasteiger partial charge on any atom is -0.356 e. The van der Waals surface area contributed by atoms with E-state index in [0.717, 1.165) is 33.2 Å². The highest BCUT2D eigenvalue weighted by atomic mass is 79.9. The molecule has 0 aliphatic carbocycles. The minimum atomic E-state index is 0.0559. The molecule has 0 atom stereocenters. The molecule has 3 nitrogen and oxygen atoms in total. The van der Waals surface area contributed by atoms with E-state index in [-0.39, 0.29) is 5.91 Å². The Balaban J connectivity index is 1.76. The van der Waals surface area contributed by atoms with Crippen LogP contribution in [0.5, 0.6) is 0 Å². The molecule has 2 rings (SSSR count). The molecule has 0 saturated heterocycles. The molecule has 0 spiro atoms. The lowest BCUT2D eigenvalue weighted by molar-refractivity contribution is -0.120. The summed E-state index contributed by atoms with van der Waals surface area (Å²) in [6.45, 7) is 5.05. The number of nitrogens with one attached hydrogen (secondary N) is 1. The van der Waals surface area contributed by atoms with Crippen molar-refractivity contribution in [1.82, 2.24) is 10.3 Å². The summed E-state index contributed by atoms with van der Waals surface area (Å²) in [5.41, 5.74) is 2.12. The fourth-order valence-electron chi connectivity index (χ4n) is 1.89. The highest BCUT2D eigenvalue weighted by Gasteiger charge is 2.08. The third-order valence-electron chi connectivity index (χ3n) is 3.19. The number of amides is 1. The number of hydrogen-bond donors (Lipinski definition) is 1. The van der Waals surface area contributed by atoms with Gasteiger partial charge >= 0.3 is 0 Å². The summed E-state index contributed by atoms with van der Waals surface area (Å²) in [4.78, 5) is 16.4. The molecule has 0 fully saturated rings. The average molecular weight is 413 g/mol. The number of thiazole rings is 1. The van der Waals surface area contributed by atoms with Crippen LogP contribution in [0.15, 0.2) is 38.5 Å². The number of halogens is 1. The molecule has 0 saturated carbocycles. The van der Waals surface area contributed by atoms with Crippen LogP contribution in [0.1, 0.15) is 31.5 Å². The van der Waals surface area contributed by atoms with Gasteiger partial charge in [0.05, 0.1) is 12.1 Å². The van der Waals surface area contributed by atoms with E-state index in [4.69, 9.17) is 0 Å². The van der Waals surface area contributed by atoms with Gasteiger partial charge in [0.15, 0.2) is 0 Å². The van der Waals surface area contributed by atoms with E-state index in [0.29, 0.717) is 12.3 Å². The van der Waals surface area contributed by atoms with Gasteiger partial charge < -0.3 is 5.32 Å². The van der Waals surface area contributed by atoms with E-state index in [1.54, 1.807) is 23.1 Å². The molecule has 1 aromatic carbocycles. The van der Waals surface area contributed by atoms with Gasteiger partial charge in [0.1, 0.15) is 4.34 Å². The maximum Gasteiger partial charge on any atom is 0.226 e. The van der Waals surface area contributed by atoms with Crippen molar-refractivity contribution in [3.63, 3.8) is 0 Å². The lowest BCUT2D eigenvalue weighted by Crippen LogP contribution is -2.26. The van der Waals surface area contributed by atoms with Gasteiger partial charge in [0, 0.05) is 22.2 Å². The normalized spacial score (nSPS) is 11.0. The Kier molecular flexibility index (Phi) is 7.59. The van der Waals surface area contributed by atoms with Crippen LogP contribution in [0.3, 0.4) is 0 Å². The third kappa shape index (κ3) is 7.06. The number of carbonyl (C=O) groups excluding carboxylic acids is 1. The smallest absolute Gasteiger partial charge is 0.226 e. The van der Waals surface area contributed by atoms with Crippen molar-refractivity contribution in [3.05, 3.63) is 45.4 Å². The fourth-order valence-corrected chi connectivity index (χ4v) is 3.95. The third-order valence-corrected chi connectivity index (χ3v) is 5.86. The van der Waals surface area contributed by atoms with E-state index in [1.807, 2.05) is 17.5 Å². The summed E-state index contributed by atoms with van der Waals surface area (Å²) < 4.78 is 2.10. The molecular weight excluding hydrogens is 392 g/mol. The first-order valence-electron chi connectivity index (χ1n) is 7.61. The van der Waals surface area contributed by atoms with Gasteiger partial charge in [0.25, 0.3) is 0 Å². The van der Waals surface area contributed by atoms with Crippen LogP contribution in [0.2, 0.25) is 0 Å². The van der Waals surface area contributed by atoms with Crippen molar-refractivity contribution in [2.24, 2.45) is 5.92 Å². The van der Waals surface area contributed by atoms with Crippen molar-refractivity contribution >= 4 is 44.9 Å². The number of nitrogens with zero attached hydrogens (tertiary/aromatic N) is 1. The standard InChI is InChI=1S/C17H21BrN2OS2/c1-12(2)7-8-19-16(21)9-15-11-23-17(20-15)22-10-13-3-5-14(18)6-4-13/h3-6,11-12H,7-10H2,1-2H3,(H,19,21). The summed E-state index contributed by atoms with van der Waals surface area (Å²) >= 11 is 6.75. The Morgan fingerprint density at radius 2 is 2.09 bits per heavy atom. The Morgan fingerprint density at radius 1 is 1.35 bits per heavy atom. The van der Waals surface area contributed by atoms with Gasteiger partial charge in [-0.05, 0) is 30.0 Å². The van der Waals surface area contributed by atoms with E-state index >= 15 is 0 Å². The second-order valence-corrected chi connectivity index (χ2v) is 8.73. The van der Waals surface area contributed by atoms with Crippen molar-refractivity contribution < 1.29 is 4.79 Å². The molecule has 124 valence electrons. The maximum absolute atomic E-state index is 11.9. The van der Waals surface area contributed by atoms with Crippen LogP contribution >= 0.6 is 39.0 Å². The molecule has 1 amide bonds. The molecule has 0 aliphatic rings. The number of rotatable bonds is 8. The molecule has 0 bridgehead atoms. The molecule has 1 heterocycles. The van der Waals surface area contributed by atoms with Crippen LogP contribution in [0.4, 0.5) is 0 Å². The van der Waals surface area contributed by atoms with Crippen LogP contribution < -0.4 is 5.32 Å². The molecule has 1 aromatic heterocycles. The largest absolute Gasteiger partial charge is 0.356 e. The molecule has 2 aromatic rings. The minimum absolute atomic E-state index is 0.0559. The zero-order valence-corrected chi connectivity index (χ0v) is 16.6. The molecule has 23 heavy (non-hydrogen) atoms. The topological polar surface area (TPSA) is 42.0 Å². The van der Waals surface area contributed by atoms with Gasteiger partial charge in [-0.3, -0.25) is 4.79 Å². The van der Waals surface area contributed by atoms with Crippen LogP contribution in [0.25, 0.3) is 0 Å². The van der Waals surface area contributed by atoms with E-state index < -0.39 is 0 Å². The Morgan fingerprint density at radius 3 is 2.78 bits per heavy atom. The molecular formula is C17H21BrN2OS2. The van der Waals surface area contributed by atoms with Crippen molar-refractivity contribution in [2.75, 3.05) is 6.54 Å². The quantitative estimate of drug-likeness (QED) is 0.626. The highest BCUT2D eigenvalue weighted by molar-refractivity contribution is 9.10. The molecule has 6 heteroatoms. The zero-order chi connectivity index (χ0) is 16.7. The van der Waals surface area contributed by atoms with Crippen LogP contribution in [0, 0.1) is 5.92 Å². The highest BCUT2D eigenvalue weighted by Crippen LogP contribution is 2.26. The Bertz CT molecular complexity index is 626. The zero-order valence-electron chi connectivity index (χ0n) is 13.3. The number of thioether (sulfide) groups is 1. The molecule has 0 radical (unpaired) electrons. The lowest BCUT2D eigenvalue weighted by Gasteiger charge is -2.05. The summed E-state index contributed by atoms with van der Waals surface area (Å²) in [5.74, 6) is 1.55. The predicted octanol–water partition coefficient (Wildman–Crippen LogP) is 4.90. The van der Waals surface area contributed by atoms with E-state index in [9.17, 15) is 4.79 Å². The lowest BCUT2D eigenvalue weighted by atomic mass is 10.1. The van der Waals surface area contributed by atoms with Gasteiger partial charge in [-0.2, -0.15) is 0 Å². The van der Waals surface area contributed by atoms with Gasteiger partial charge in [-0.25, -0.2) is 4.98 Å². The Labute approximate surface area is 154 Å². The summed E-state index contributed by atoms with van der Waals surface area (Å²) in [5, 5.41) is 4.93. The number of aromatic nitrogens is 1. The van der Waals surface area contributed by atoms with E-state index in [2.05, 4.69) is 52.2 Å². The molecule has 0 unspecified atom stereocenters. The first-order valence-corrected chi connectivity index (χ1v) is 10.3. The summed E-state index contributed by atoms with van der Waals surface area (Å²) in [6.07, 6.45) is 1.38. The monoisotopic (exact) mass is 412 g/mol. The maximum atomic E-state index is 11.9. The van der Waals surface area contributed by atoms with Crippen molar-refractivity contribution in [3.8, 4) is 0 Å². The van der Waals surface area contributed by atoms with E-state index in [1.165, 1.54) is 5.56 Å². The van der Waals surface area contributed by atoms with Crippen molar-refractivity contribution in [1.29, 1.82) is 0 Å².